The first kappa shape index (κ1) is 16.4. The Bertz CT molecular complexity index is 229. The van der Waals surface area contributed by atoms with Gasteiger partial charge in [0.25, 0.3) is 0 Å². The molecule has 102 valence electrons. The monoisotopic (exact) mass is 245 g/mol. The van der Waals surface area contributed by atoms with E-state index in [1.54, 1.807) is 14.0 Å². The minimum Gasteiger partial charge on any atom is -0.388 e. The van der Waals surface area contributed by atoms with Crippen LogP contribution in [0.1, 0.15) is 40.5 Å². The van der Waals surface area contributed by atoms with Crippen LogP contribution in [0.25, 0.3) is 0 Å². The highest BCUT2D eigenvalue weighted by atomic mass is 16.5. The molecule has 4 heteroatoms. The lowest BCUT2D eigenvalue weighted by Gasteiger charge is -2.30. The van der Waals surface area contributed by atoms with Gasteiger partial charge in [-0.2, -0.15) is 0 Å². The van der Waals surface area contributed by atoms with Crippen molar-refractivity contribution in [2.75, 3.05) is 20.3 Å². The Balaban J connectivity index is 4.06. The zero-order valence-corrected chi connectivity index (χ0v) is 11.7. The largest absolute Gasteiger partial charge is 0.388 e. The summed E-state index contributed by atoms with van der Waals surface area (Å²) in [7, 11) is 1.62. The number of rotatable bonds is 8. The third kappa shape index (κ3) is 6.03. The zero-order chi connectivity index (χ0) is 13.5. The molecule has 0 rings (SSSR count). The van der Waals surface area contributed by atoms with Gasteiger partial charge < -0.3 is 15.2 Å². The van der Waals surface area contributed by atoms with Crippen molar-refractivity contribution in [1.82, 2.24) is 5.32 Å². The normalized spacial score (nSPS) is 18.2. The molecule has 4 nitrogen and oxygen atoms in total. The lowest BCUT2D eigenvalue weighted by molar-refractivity contribution is -0.126. The van der Waals surface area contributed by atoms with E-state index in [0.717, 1.165) is 6.42 Å². The summed E-state index contributed by atoms with van der Waals surface area (Å²) >= 11 is 0. The summed E-state index contributed by atoms with van der Waals surface area (Å²) in [5, 5.41) is 13.0. The van der Waals surface area contributed by atoms with Gasteiger partial charge in [-0.05, 0) is 19.3 Å². The third-order valence-electron chi connectivity index (χ3n) is 3.50. The van der Waals surface area contributed by atoms with Gasteiger partial charge >= 0.3 is 0 Å². The number of ether oxygens (including phenoxy) is 1. The highest BCUT2D eigenvalue weighted by Gasteiger charge is 2.28. The van der Waals surface area contributed by atoms with Gasteiger partial charge in [0.05, 0.1) is 5.60 Å². The second-order valence-electron chi connectivity index (χ2n) is 5.07. The van der Waals surface area contributed by atoms with E-state index in [1.807, 2.05) is 20.8 Å². The van der Waals surface area contributed by atoms with Crippen LogP contribution in [0.4, 0.5) is 0 Å². The topological polar surface area (TPSA) is 58.6 Å². The molecule has 0 spiro atoms. The molecule has 17 heavy (non-hydrogen) atoms. The molecule has 3 atom stereocenters. The van der Waals surface area contributed by atoms with Gasteiger partial charge in [0.2, 0.25) is 5.91 Å². The number of hydrogen-bond acceptors (Lipinski definition) is 3. The van der Waals surface area contributed by atoms with Crippen LogP contribution < -0.4 is 5.32 Å². The van der Waals surface area contributed by atoms with Gasteiger partial charge in [-0.1, -0.05) is 27.2 Å². The average Bonchev–Trinajstić information content (AvgIpc) is 2.31. The van der Waals surface area contributed by atoms with E-state index in [2.05, 4.69) is 5.32 Å². The predicted molar refractivity (Wildman–Crippen MR) is 68.7 cm³/mol. The minimum absolute atomic E-state index is 0.0226. The molecule has 0 radical (unpaired) electrons. The van der Waals surface area contributed by atoms with Crippen molar-refractivity contribution >= 4 is 5.91 Å². The highest BCUT2D eigenvalue weighted by molar-refractivity contribution is 5.78. The summed E-state index contributed by atoms with van der Waals surface area (Å²) in [6.07, 6.45) is 1.59. The molecule has 0 bridgehead atoms. The Labute approximate surface area is 105 Å². The van der Waals surface area contributed by atoms with E-state index >= 15 is 0 Å². The van der Waals surface area contributed by atoms with E-state index in [1.165, 1.54) is 0 Å². The number of amides is 1. The molecule has 2 N–H and O–H groups in total. The van der Waals surface area contributed by atoms with Crippen molar-refractivity contribution in [3.05, 3.63) is 0 Å². The first-order valence-corrected chi connectivity index (χ1v) is 6.34. The molecular formula is C13H27NO3. The van der Waals surface area contributed by atoms with E-state index in [0.29, 0.717) is 19.6 Å². The second kappa shape index (κ2) is 7.67. The molecule has 0 aromatic rings. The summed E-state index contributed by atoms with van der Waals surface area (Å²) in [5.74, 6) is 0.0605. The lowest BCUT2D eigenvalue weighted by atomic mass is 9.88. The fourth-order valence-electron chi connectivity index (χ4n) is 1.48. The average molecular weight is 245 g/mol. The quantitative estimate of drug-likeness (QED) is 0.682. The van der Waals surface area contributed by atoms with Gasteiger partial charge in [0.15, 0.2) is 0 Å². The van der Waals surface area contributed by atoms with Crippen molar-refractivity contribution in [3.63, 3.8) is 0 Å². The molecular weight excluding hydrogens is 218 g/mol. The van der Waals surface area contributed by atoms with Crippen molar-refractivity contribution < 1.29 is 14.6 Å². The maximum absolute atomic E-state index is 11.7. The van der Waals surface area contributed by atoms with Gasteiger partial charge in [-0.15, -0.1) is 0 Å². The van der Waals surface area contributed by atoms with Crippen molar-refractivity contribution in [2.45, 2.75) is 46.1 Å². The van der Waals surface area contributed by atoms with Crippen LogP contribution in [0, 0.1) is 11.8 Å². The Hall–Kier alpha value is -0.610. The minimum atomic E-state index is -0.842. The number of carbonyl (C=O) groups is 1. The summed E-state index contributed by atoms with van der Waals surface area (Å²) < 4.78 is 4.93. The third-order valence-corrected chi connectivity index (χ3v) is 3.50. The molecule has 0 saturated carbocycles. The molecule has 3 unspecified atom stereocenters. The van der Waals surface area contributed by atoms with Crippen LogP contribution in [0.2, 0.25) is 0 Å². The molecule has 0 fully saturated rings. The van der Waals surface area contributed by atoms with Crippen LogP contribution >= 0.6 is 0 Å². The Morgan fingerprint density at radius 1 is 1.47 bits per heavy atom. The molecule has 0 aliphatic heterocycles. The van der Waals surface area contributed by atoms with Crippen LogP contribution in [0.3, 0.4) is 0 Å². The maximum Gasteiger partial charge on any atom is 0.223 e. The fourth-order valence-corrected chi connectivity index (χ4v) is 1.48. The molecule has 0 aliphatic rings. The Kier molecular flexibility index (Phi) is 7.39. The summed E-state index contributed by atoms with van der Waals surface area (Å²) in [4.78, 5) is 11.7. The van der Waals surface area contributed by atoms with E-state index < -0.39 is 5.60 Å². The van der Waals surface area contributed by atoms with Crippen LogP contribution in [-0.2, 0) is 9.53 Å². The second-order valence-corrected chi connectivity index (χ2v) is 5.07. The van der Waals surface area contributed by atoms with Crippen molar-refractivity contribution in [1.29, 1.82) is 0 Å². The molecule has 0 aliphatic carbocycles. The van der Waals surface area contributed by atoms with Gasteiger partial charge in [-0.25, -0.2) is 0 Å². The highest BCUT2D eigenvalue weighted by Crippen LogP contribution is 2.19. The first-order valence-electron chi connectivity index (χ1n) is 6.34. The summed E-state index contributed by atoms with van der Waals surface area (Å²) in [5.41, 5.74) is -0.842. The number of methoxy groups -OCH3 is 1. The van der Waals surface area contributed by atoms with E-state index in [4.69, 9.17) is 4.74 Å². The van der Waals surface area contributed by atoms with Crippen molar-refractivity contribution in [2.24, 2.45) is 11.8 Å². The van der Waals surface area contributed by atoms with Crippen molar-refractivity contribution in [3.8, 4) is 0 Å². The number of carbonyl (C=O) groups excluding carboxylic acids is 1. The molecule has 1 amide bonds. The van der Waals surface area contributed by atoms with Gasteiger partial charge in [0.1, 0.15) is 0 Å². The number of hydrogen-bond donors (Lipinski definition) is 2. The summed E-state index contributed by atoms with van der Waals surface area (Å²) in [6.45, 7) is 8.53. The molecule has 0 aromatic heterocycles. The van der Waals surface area contributed by atoms with Crippen LogP contribution in [0.15, 0.2) is 0 Å². The SMILES string of the molecule is CCC(C)C(C)(O)CNC(=O)C(C)CCOC. The lowest BCUT2D eigenvalue weighted by Crippen LogP contribution is -2.46. The zero-order valence-electron chi connectivity index (χ0n) is 11.7. The molecule has 0 saturated heterocycles. The van der Waals surface area contributed by atoms with Gasteiger partial charge in [0, 0.05) is 26.2 Å². The molecule has 0 heterocycles. The predicted octanol–water partition coefficient (Wildman–Crippen LogP) is 1.57. The van der Waals surface area contributed by atoms with Gasteiger partial charge in [-0.3, -0.25) is 4.79 Å². The summed E-state index contributed by atoms with van der Waals surface area (Å²) in [6, 6.07) is 0. The Morgan fingerprint density at radius 2 is 2.06 bits per heavy atom. The van der Waals surface area contributed by atoms with E-state index in [-0.39, 0.29) is 17.7 Å². The Morgan fingerprint density at radius 3 is 2.53 bits per heavy atom. The maximum atomic E-state index is 11.7. The first-order chi connectivity index (χ1) is 7.85. The van der Waals surface area contributed by atoms with E-state index in [9.17, 15) is 9.90 Å². The fraction of sp³-hybridized carbons (Fsp3) is 0.923. The van der Waals surface area contributed by atoms with Crippen LogP contribution in [-0.4, -0.2) is 36.9 Å². The van der Waals surface area contributed by atoms with Crippen LogP contribution in [0.5, 0.6) is 0 Å². The molecule has 0 aromatic carbocycles. The smallest absolute Gasteiger partial charge is 0.223 e. The number of nitrogens with one attached hydrogen (secondary N) is 1. The number of aliphatic hydroxyl groups is 1. The standard InChI is InChI=1S/C13H27NO3/c1-6-11(3)13(4,16)9-14-12(15)10(2)7-8-17-5/h10-11,16H,6-9H2,1-5H3,(H,14,15).